The average Bonchev–Trinajstić information content (AvgIpc) is 3.12. The number of carbonyl (C=O) groups is 1. The first kappa shape index (κ1) is 23.8. The molecule has 0 aliphatic carbocycles. The number of amides is 1. The summed E-state index contributed by atoms with van der Waals surface area (Å²) in [6, 6.07) is 9.04. The Bertz CT molecular complexity index is 945. The maximum atomic E-state index is 13.1. The van der Waals surface area contributed by atoms with Crippen LogP contribution in [0.2, 0.25) is 0 Å². The fourth-order valence-corrected chi connectivity index (χ4v) is 4.31. The third-order valence-electron chi connectivity index (χ3n) is 4.52. The van der Waals surface area contributed by atoms with Gasteiger partial charge in [0.05, 0.1) is 18.6 Å². The standard InChI is InChI=1S/C22H33N3O4S/c1-7-13-30(27,28)23-18-10-11-20(24(5)6)17(14-18)15-25(21(26)22(2,3)4)16-19-9-8-12-29-19/h8-12,14,23H,7,13,15-16H2,1-6H3. The normalized spacial score (nSPS) is 11.9. The van der Waals surface area contributed by atoms with Gasteiger partial charge in [0.1, 0.15) is 5.76 Å². The van der Waals surface area contributed by atoms with E-state index >= 15 is 0 Å². The van der Waals surface area contributed by atoms with Crippen molar-refractivity contribution in [2.24, 2.45) is 5.41 Å². The smallest absolute Gasteiger partial charge is 0.232 e. The molecule has 0 atom stereocenters. The number of hydrogen-bond acceptors (Lipinski definition) is 5. The predicted octanol–water partition coefficient (Wildman–Crippen LogP) is 4.07. The van der Waals surface area contributed by atoms with Crippen molar-refractivity contribution in [2.45, 2.75) is 47.2 Å². The van der Waals surface area contributed by atoms with E-state index in [0.717, 1.165) is 11.3 Å². The molecule has 0 fully saturated rings. The van der Waals surface area contributed by atoms with Gasteiger partial charge in [-0.05, 0) is 42.3 Å². The predicted molar refractivity (Wildman–Crippen MR) is 121 cm³/mol. The Morgan fingerprint density at radius 3 is 2.37 bits per heavy atom. The van der Waals surface area contributed by atoms with Crippen molar-refractivity contribution in [1.82, 2.24) is 4.90 Å². The molecule has 2 aromatic rings. The molecular weight excluding hydrogens is 402 g/mol. The number of nitrogens with one attached hydrogen (secondary N) is 1. The molecule has 0 radical (unpaired) electrons. The van der Waals surface area contributed by atoms with E-state index in [9.17, 15) is 13.2 Å². The van der Waals surface area contributed by atoms with Crippen LogP contribution in [-0.4, -0.2) is 39.1 Å². The lowest BCUT2D eigenvalue weighted by atomic mass is 9.94. The van der Waals surface area contributed by atoms with Gasteiger partial charge in [0.2, 0.25) is 15.9 Å². The van der Waals surface area contributed by atoms with E-state index in [1.807, 2.05) is 58.8 Å². The Labute approximate surface area is 180 Å². The van der Waals surface area contributed by atoms with Crippen LogP contribution in [0, 0.1) is 5.41 Å². The van der Waals surface area contributed by atoms with Crippen LogP contribution >= 0.6 is 0 Å². The van der Waals surface area contributed by atoms with Crippen LogP contribution < -0.4 is 9.62 Å². The minimum atomic E-state index is -3.40. The van der Waals surface area contributed by atoms with E-state index in [4.69, 9.17) is 4.42 Å². The van der Waals surface area contributed by atoms with Gasteiger partial charge in [-0.15, -0.1) is 0 Å². The van der Waals surface area contributed by atoms with E-state index in [0.29, 0.717) is 31.0 Å². The van der Waals surface area contributed by atoms with E-state index in [2.05, 4.69) is 4.72 Å². The molecule has 7 nitrogen and oxygen atoms in total. The lowest BCUT2D eigenvalue weighted by molar-refractivity contribution is -0.141. The summed E-state index contributed by atoms with van der Waals surface area (Å²) in [6.07, 6.45) is 2.12. The zero-order chi connectivity index (χ0) is 22.5. The second kappa shape index (κ2) is 9.55. The van der Waals surface area contributed by atoms with Crippen molar-refractivity contribution in [2.75, 3.05) is 29.5 Å². The van der Waals surface area contributed by atoms with Crippen molar-refractivity contribution in [3.05, 3.63) is 47.9 Å². The molecule has 0 aliphatic rings. The number of sulfonamides is 1. The van der Waals surface area contributed by atoms with Gasteiger partial charge in [-0.25, -0.2) is 8.42 Å². The van der Waals surface area contributed by atoms with Crippen LogP contribution in [-0.2, 0) is 27.9 Å². The SMILES string of the molecule is CCCS(=O)(=O)Nc1ccc(N(C)C)c(CN(Cc2ccco2)C(=O)C(C)(C)C)c1. The molecule has 1 aromatic heterocycles. The molecule has 0 saturated carbocycles. The van der Waals surface area contributed by atoms with Crippen molar-refractivity contribution in [3.63, 3.8) is 0 Å². The molecule has 1 N–H and O–H groups in total. The summed E-state index contributed by atoms with van der Waals surface area (Å²) < 4.78 is 32.5. The van der Waals surface area contributed by atoms with E-state index in [1.54, 1.807) is 29.4 Å². The number of benzene rings is 1. The molecule has 0 spiro atoms. The number of anilines is 2. The second-order valence-corrected chi connectivity index (χ2v) is 10.5. The van der Waals surface area contributed by atoms with Crippen LogP contribution in [0.1, 0.15) is 45.4 Å². The topological polar surface area (TPSA) is 82.9 Å². The van der Waals surface area contributed by atoms with Gasteiger partial charge in [0.25, 0.3) is 0 Å². The van der Waals surface area contributed by atoms with Crippen LogP contribution in [0.4, 0.5) is 11.4 Å². The second-order valence-electron chi connectivity index (χ2n) is 8.65. The zero-order valence-corrected chi connectivity index (χ0v) is 19.5. The summed E-state index contributed by atoms with van der Waals surface area (Å²) in [5, 5.41) is 0. The van der Waals surface area contributed by atoms with Crippen LogP contribution in [0.5, 0.6) is 0 Å². The van der Waals surface area contributed by atoms with Crippen molar-refractivity contribution in [1.29, 1.82) is 0 Å². The lowest BCUT2D eigenvalue weighted by Crippen LogP contribution is -2.38. The van der Waals surface area contributed by atoms with Gasteiger partial charge in [0, 0.05) is 37.4 Å². The van der Waals surface area contributed by atoms with Crippen LogP contribution in [0.15, 0.2) is 41.0 Å². The molecule has 1 aromatic carbocycles. The van der Waals surface area contributed by atoms with Crippen LogP contribution in [0.3, 0.4) is 0 Å². The maximum Gasteiger partial charge on any atom is 0.232 e. The van der Waals surface area contributed by atoms with Crippen molar-refractivity contribution in [3.8, 4) is 0 Å². The Morgan fingerprint density at radius 2 is 1.83 bits per heavy atom. The summed E-state index contributed by atoms with van der Waals surface area (Å²) in [4.78, 5) is 16.8. The lowest BCUT2D eigenvalue weighted by Gasteiger charge is -2.30. The highest BCUT2D eigenvalue weighted by Gasteiger charge is 2.28. The monoisotopic (exact) mass is 435 g/mol. The Balaban J connectivity index is 2.41. The molecule has 1 amide bonds. The number of furan rings is 1. The number of carbonyl (C=O) groups excluding carboxylic acids is 1. The number of rotatable bonds is 9. The highest BCUT2D eigenvalue weighted by Crippen LogP contribution is 2.28. The molecule has 2 rings (SSSR count). The fraction of sp³-hybridized carbons (Fsp3) is 0.500. The molecule has 0 saturated heterocycles. The minimum Gasteiger partial charge on any atom is -0.467 e. The average molecular weight is 436 g/mol. The van der Waals surface area contributed by atoms with Crippen molar-refractivity contribution >= 4 is 27.3 Å². The molecule has 8 heteroatoms. The molecule has 1 heterocycles. The van der Waals surface area contributed by atoms with Gasteiger partial charge >= 0.3 is 0 Å². The number of nitrogens with zero attached hydrogens (tertiary/aromatic N) is 2. The summed E-state index contributed by atoms with van der Waals surface area (Å²) in [6.45, 7) is 8.13. The Morgan fingerprint density at radius 1 is 1.13 bits per heavy atom. The third kappa shape index (κ3) is 6.52. The zero-order valence-electron chi connectivity index (χ0n) is 18.7. The Hall–Kier alpha value is -2.48. The first-order valence-corrected chi connectivity index (χ1v) is 11.7. The molecule has 0 bridgehead atoms. The molecule has 30 heavy (non-hydrogen) atoms. The number of hydrogen-bond donors (Lipinski definition) is 1. The van der Waals surface area contributed by atoms with Crippen LogP contribution in [0.25, 0.3) is 0 Å². The largest absolute Gasteiger partial charge is 0.467 e. The molecule has 166 valence electrons. The molecular formula is C22H33N3O4S. The molecule has 0 aliphatic heterocycles. The van der Waals surface area contributed by atoms with E-state index in [-0.39, 0.29) is 11.7 Å². The van der Waals surface area contributed by atoms with Crippen molar-refractivity contribution < 1.29 is 17.6 Å². The van der Waals surface area contributed by atoms with Gasteiger partial charge in [0.15, 0.2) is 0 Å². The van der Waals surface area contributed by atoms with Gasteiger partial charge < -0.3 is 14.2 Å². The summed E-state index contributed by atoms with van der Waals surface area (Å²) in [7, 11) is 0.435. The quantitative estimate of drug-likeness (QED) is 0.642. The fourth-order valence-electron chi connectivity index (χ4n) is 3.18. The Kier molecular flexibility index (Phi) is 7.58. The van der Waals surface area contributed by atoms with Gasteiger partial charge in [-0.2, -0.15) is 0 Å². The minimum absolute atomic E-state index is 0.0134. The van der Waals surface area contributed by atoms with E-state index < -0.39 is 15.4 Å². The first-order chi connectivity index (χ1) is 13.9. The summed E-state index contributed by atoms with van der Waals surface area (Å²) in [5.41, 5.74) is 1.69. The van der Waals surface area contributed by atoms with Gasteiger partial charge in [-0.3, -0.25) is 9.52 Å². The third-order valence-corrected chi connectivity index (χ3v) is 6.02. The molecule has 0 unspecified atom stereocenters. The first-order valence-electron chi connectivity index (χ1n) is 10.1. The highest BCUT2D eigenvalue weighted by molar-refractivity contribution is 7.92. The summed E-state index contributed by atoms with van der Waals surface area (Å²) >= 11 is 0. The highest BCUT2D eigenvalue weighted by atomic mass is 32.2. The van der Waals surface area contributed by atoms with E-state index in [1.165, 1.54) is 0 Å². The maximum absolute atomic E-state index is 13.1. The van der Waals surface area contributed by atoms with Gasteiger partial charge in [-0.1, -0.05) is 27.7 Å². The summed E-state index contributed by atoms with van der Waals surface area (Å²) in [5.74, 6) is 0.740.